The normalized spacial score (nSPS) is 15.2. The number of carbonyl (C=O) groups excluding carboxylic acids is 1. The minimum Gasteiger partial charge on any atom is -0.379 e. The standard InChI is InChI=1S/C24H22N4O4S2/c29-23(25-20-6-4-19(5-7-20)22-17-27-13-16-33-24(27)26-22)10-3-18-1-8-21(9-2-18)34(30,31)28-11-14-32-15-12-28/h1-10,13,16-17H,11-12,14-15H2,(H,25,29). The summed E-state index contributed by atoms with van der Waals surface area (Å²) in [7, 11) is -3.53. The van der Waals surface area contributed by atoms with Crippen LogP contribution in [0.2, 0.25) is 0 Å². The zero-order chi connectivity index (χ0) is 23.5. The monoisotopic (exact) mass is 494 g/mol. The number of fused-ring (bicyclic) bond motifs is 1. The first-order chi connectivity index (χ1) is 16.5. The highest BCUT2D eigenvalue weighted by atomic mass is 32.2. The van der Waals surface area contributed by atoms with Gasteiger partial charge in [-0.1, -0.05) is 24.3 Å². The van der Waals surface area contributed by atoms with Crippen molar-refractivity contribution in [1.29, 1.82) is 0 Å². The summed E-state index contributed by atoms with van der Waals surface area (Å²) < 4.78 is 34.0. The van der Waals surface area contributed by atoms with Gasteiger partial charge >= 0.3 is 0 Å². The fourth-order valence-corrected chi connectivity index (χ4v) is 5.74. The minimum absolute atomic E-state index is 0.230. The quantitative estimate of drug-likeness (QED) is 0.412. The molecular weight excluding hydrogens is 472 g/mol. The van der Waals surface area contributed by atoms with Gasteiger partial charge in [0, 0.05) is 48.2 Å². The lowest BCUT2D eigenvalue weighted by molar-refractivity contribution is -0.111. The lowest BCUT2D eigenvalue weighted by Gasteiger charge is -2.26. The highest BCUT2D eigenvalue weighted by Gasteiger charge is 2.25. The average Bonchev–Trinajstić information content (AvgIpc) is 3.47. The summed E-state index contributed by atoms with van der Waals surface area (Å²) in [5, 5.41) is 4.81. The third-order valence-corrected chi connectivity index (χ3v) is 8.14. The zero-order valence-electron chi connectivity index (χ0n) is 18.1. The molecular formula is C24H22N4O4S2. The number of thiazole rings is 1. The molecule has 1 aliphatic rings. The first-order valence-corrected chi connectivity index (χ1v) is 13.0. The largest absolute Gasteiger partial charge is 0.379 e. The van der Waals surface area contributed by atoms with Crippen LogP contribution in [0.25, 0.3) is 22.3 Å². The van der Waals surface area contributed by atoms with Gasteiger partial charge in [-0.3, -0.25) is 9.20 Å². The van der Waals surface area contributed by atoms with Crippen LogP contribution < -0.4 is 5.32 Å². The SMILES string of the molecule is O=C(C=Cc1ccc(S(=O)(=O)N2CCOCC2)cc1)Nc1ccc(-c2cn3ccsc3n2)cc1. The Morgan fingerprint density at radius 1 is 1.06 bits per heavy atom. The fourth-order valence-electron chi connectivity index (χ4n) is 3.63. The molecule has 2 aromatic heterocycles. The third-order valence-electron chi connectivity index (χ3n) is 5.46. The molecule has 0 aliphatic carbocycles. The fraction of sp³-hybridized carbons (Fsp3) is 0.167. The van der Waals surface area contributed by atoms with Gasteiger partial charge in [-0.05, 0) is 35.9 Å². The van der Waals surface area contributed by atoms with Gasteiger partial charge in [0.05, 0.1) is 23.8 Å². The van der Waals surface area contributed by atoms with Crippen LogP contribution in [0.4, 0.5) is 5.69 Å². The van der Waals surface area contributed by atoms with Crippen LogP contribution in [-0.4, -0.2) is 54.3 Å². The van der Waals surface area contributed by atoms with E-state index in [9.17, 15) is 13.2 Å². The van der Waals surface area contributed by atoms with Crippen molar-refractivity contribution >= 4 is 44.0 Å². The van der Waals surface area contributed by atoms with E-state index < -0.39 is 10.0 Å². The number of hydrogen-bond acceptors (Lipinski definition) is 6. The van der Waals surface area contributed by atoms with Crippen LogP contribution in [0.15, 0.2) is 77.3 Å². The predicted octanol–water partition coefficient (Wildman–Crippen LogP) is 3.74. The van der Waals surface area contributed by atoms with Crippen molar-refractivity contribution in [2.45, 2.75) is 4.90 Å². The predicted molar refractivity (Wildman–Crippen MR) is 132 cm³/mol. The molecule has 2 aromatic carbocycles. The maximum absolute atomic E-state index is 12.7. The smallest absolute Gasteiger partial charge is 0.248 e. The number of nitrogens with one attached hydrogen (secondary N) is 1. The van der Waals surface area contributed by atoms with Crippen LogP contribution in [0.3, 0.4) is 0 Å². The molecule has 0 saturated carbocycles. The molecule has 1 N–H and O–H groups in total. The summed E-state index contributed by atoms with van der Waals surface area (Å²) in [5.41, 5.74) is 3.25. The van der Waals surface area contributed by atoms with E-state index in [0.717, 1.165) is 21.8 Å². The lowest BCUT2D eigenvalue weighted by Crippen LogP contribution is -2.40. The maximum Gasteiger partial charge on any atom is 0.248 e. The molecule has 0 atom stereocenters. The van der Waals surface area contributed by atoms with Gasteiger partial charge in [0.2, 0.25) is 15.9 Å². The van der Waals surface area contributed by atoms with Gasteiger partial charge in [0.15, 0.2) is 4.96 Å². The second-order valence-electron chi connectivity index (χ2n) is 7.70. The van der Waals surface area contributed by atoms with Crippen molar-refractivity contribution in [3.05, 3.63) is 77.9 Å². The number of nitrogens with zero attached hydrogens (tertiary/aromatic N) is 3. The highest BCUT2D eigenvalue weighted by Crippen LogP contribution is 2.23. The summed E-state index contributed by atoms with van der Waals surface area (Å²) in [6.07, 6.45) is 7.00. The zero-order valence-corrected chi connectivity index (χ0v) is 19.8. The van der Waals surface area contributed by atoms with Gasteiger partial charge in [-0.2, -0.15) is 4.31 Å². The summed E-state index contributed by atoms with van der Waals surface area (Å²) in [6, 6.07) is 14.0. The maximum atomic E-state index is 12.7. The van der Waals surface area contributed by atoms with Crippen molar-refractivity contribution in [2.75, 3.05) is 31.6 Å². The Hall–Kier alpha value is -3.31. The molecule has 0 radical (unpaired) electrons. The van der Waals surface area contributed by atoms with E-state index in [1.54, 1.807) is 41.7 Å². The number of sulfonamides is 1. The first kappa shape index (κ1) is 22.5. The number of benzene rings is 2. The van der Waals surface area contributed by atoms with Gasteiger partial charge in [0.1, 0.15) is 0 Å². The molecule has 1 fully saturated rings. The van der Waals surface area contributed by atoms with E-state index in [0.29, 0.717) is 32.0 Å². The summed E-state index contributed by atoms with van der Waals surface area (Å²) >= 11 is 1.58. The molecule has 10 heteroatoms. The molecule has 1 amide bonds. The molecule has 1 aliphatic heterocycles. The van der Waals surface area contributed by atoms with E-state index >= 15 is 0 Å². The Balaban J connectivity index is 1.20. The van der Waals surface area contributed by atoms with Gasteiger partial charge in [-0.25, -0.2) is 13.4 Å². The van der Waals surface area contributed by atoms with Crippen LogP contribution >= 0.6 is 11.3 Å². The van der Waals surface area contributed by atoms with Crippen molar-refractivity contribution in [3.63, 3.8) is 0 Å². The van der Waals surface area contributed by atoms with Crippen LogP contribution in [0.5, 0.6) is 0 Å². The summed E-state index contributed by atoms with van der Waals surface area (Å²) in [4.78, 5) is 18.1. The van der Waals surface area contributed by atoms with Crippen molar-refractivity contribution in [3.8, 4) is 11.3 Å². The van der Waals surface area contributed by atoms with E-state index in [-0.39, 0.29) is 10.8 Å². The minimum atomic E-state index is -3.53. The number of imidazole rings is 1. The molecule has 5 rings (SSSR count). The Morgan fingerprint density at radius 2 is 1.79 bits per heavy atom. The Labute approximate surface area is 201 Å². The molecule has 0 bridgehead atoms. The molecule has 0 spiro atoms. The first-order valence-electron chi connectivity index (χ1n) is 10.7. The Morgan fingerprint density at radius 3 is 2.50 bits per heavy atom. The van der Waals surface area contributed by atoms with Crippen LogP contribution in [0.1, 0.15) is 5.56 Å². The molecule has 4 aromatic rings. The Bertz CT molecular complexity index is 1400. The van der Waals surface area contributed by atoms with Gasteiger partial charge in [-0.15, -0.1) is 11.3 Å². The summed E-state index contributed by atoms with van der Waals surface area (Å²) in [5.74, 6) is -0.278. The van der Waals surface area contributed by atoms with Crippen molar-refractivity contribution in [1.82, 2.24) is 13.7 Å². The number of carbonyl (C=O) groups is 1. The van der Waals surface area contributed by atoms with Crippen LogP contribution in [-0.2, 0) is 19.6 Å². The van der Waals surface area contributed by atoms with Gasteiger partial charge in [0.25, 0.3) is 0 Å². The number of ether oxygens (including phenoxy) is 1. The van der Waals surface area contributed by atoms with Crippen LogP contribution in [0, 0.1) is 0 Å². The number of rotatable bonds is 6. The van der Waals surface area contributed by atoms with Crippen molar-refractivity contribution in [2.24, 2.45) is 0 Å². The molecule has 3 heterocycles. The number of anilines is 1. The number of morpholine rings is 1. The highest BCUT2D eigenvalue weighted by molar-refractivity contribution is 7.89. The molecule has 174 valence electrons. The van der Waals surface area contributed by atoms with E-state index in [4.69, 9.17) is 4.74 Å². The second kappa shape index (κ2) is 9.51. The third kappa shape index (κ3) is 4.80. The van der Waals surface area contributed by atoms with E-state index in [1.165, 1.54) is 10.4 Å². The number of amides is 1. The number of hydrogen-bond donors (Lipinski definition) is 1. The lowest BCUT2D eigenvalue weighted by atomic mass is 10.1. The average molecular weight is 495 g/mol. The molecule has 1 saturated heterocycles. The molecule has 0 unspecified atom stereocenters. The van der Waals surface area contributed by atoms with E-state index in [1.807, 2.05) is 46.4 Å². The Kier molecular flexibility index (Phi) is 6.29. The summed E-state index contributed by atoms with van der Waals surface area (Å²) in [6.45, 7) is 1.51. The van der Waals surface area contributed by atoms with E-state index in [2.05, 4.69) is 10.3 Å². The topological polar surface area (TPSA) is 93.0 Å². The van der Waals surface area contributed by atoms with Gasteiger partial charge < -0.3 is 10.1 Å². The second-order valence-corrected chi connectivity index (χ2v) is 10.5. The number of aromatic nitrogens is 2. The molecule has 34 heavy (non-hydrogen) atoms. The van der Waals surface area contributed by atoms with Crippen molar-refractivity contribution < 1.29 is 17.9 Å². The molecule has 8 nitrogen and oxygen atoms in total.